The van der Waals surface area contributed by atoms with E-state index >= 15 is 0 Å². The summed E-state index contributed by atoms with van der Waals surface area (Å²) in [6.07, 6.45) is 3.08. The molecule has 0 saturated heterocycles. The van der Waals surface area contributed by atoms with E-state index in [2.05, 4.69) is 20.5 Å². The van der Waals surface area contributed by atoms with Crippen molar-refractivity contribution in [1.29, 1.82) is 0 Å². The zero-order chi connectivity index (χ0) is 20.1. The Labute approximate surface area is 172 Å². The van der Waals surface area contributed by atoms with E-state index in [0.29, 0.717) is 29.6 Å². The predicted octanol–water partition coefficient (Wildman–Crippen LogP) is 4.66. The van der Waals surface area contributed by atoms with Crippen molar-refractivity contribution in [3.8, 4) is 11.3 Å². The third-order valence-electron chi connectivity index (χ3n) is 4.37. The predicted molar refractivity (Wildman–Crippen MR) is 113 cm³/mol. The maximum atomic E-state index is 12.2. The summed E-state index contributed by atoms with van der Waals surface area (Å²) in [4.78, 5) is 16.5. The van der Waals surface area contributed by atoms with Crippen LogP contribution in [0.15, 0.2) is 65.2 Å². The van der Waals surface area contributed by atoms with Crippen LogP contribution in [0.4, 0.5) is 5.13 Å². The normalized spacial score (nSPS) is 10.8. The Hall–Kier alpha value is -3.32. The number of carbonyl (C=O) groups excluding carboxylic acids is 1. The molecule has 146 valence electrons. The molecule has 7 heteroatoms. The lowest BCUT2D eigenvalue weighted by atomic mass is 10.1. The Kier molecular flexibility index (Phi) is 5.76. The number of hydrogen-bond donors (Lipinski definition) is 1. The highest BCUT2D eigenvalue weighted by Gasteiger charge is 2.12. The molecule has 0 spiro atoms. The molecular weight excluding hydrogens is 384 g/mol. The summed E-state index contributed by atoms with van der Waals surface area (Å²) in [6.45, 7) is 2.04. The molecule has 0 atom stereocenters. The Balaban J connectivity index is 1.29. The van der Waals surface area contributed by atoms with Crippen molar-refractivity contribution in [1.82, 2.24) is 15.2 Å². The molecule has 0 aliphatic rings. The van der Waals surface area contributed by atoms with E-state index in [1.807, 2.05) is 61.5 Å². The zero-order valence-corrected chi connectivity index (χ0v) is 16.8. The molecule has 6 nitrogen and oxygen atoms in total. The van der Waals surface area contributed by atoms with E-state index < -0.39 is 0 Å². The quantitative estimate of drug-likeness (QED) is 0.484. The minimum Gasteiger partial charge on any atom is -0.441 e. The van der Waals surface area contributed by atoms with E-state index in [9.17, 15) is 4.79 Å². The summed E-state index contributed by atoms with van der Waals surface area (Å²) >= 11 is 1.39. The first-order chi connectivity index (χ1) is 14.2. The molecule has 0 radical (unpaired) electrons. The Morgan fingerprint density at radius 3 is 2.66 bits per heavy atom. The standard InChI is InChI=1S/C22H20N4O2S/c1-15-7-9-17(10-8-15)18-14-23-20(28-18)12-11-19(27)24-22-26-25-21(29-22)13-16-5-3-2-4-6-16/h2-10,14H,11-13H2,1H3,(H,24,26,27). The lowest BCUT2D eigenvalue weighted by molar-refractivity contribution is -0.116. The minimum atomic E-state index is -0.137. The van der Waals surface area contributed by atoms with Gasteiger partial charge in [-0.25, -0.2) is 4.98 Å². The van der Waals surface area contributed by atoms with Crippen molar-refractivity contribution >= 4 is 22.4 Å². The molecule has 0 fully saturated rings. The van der Waals surface area contributed by atoms with E-state index in [-0.39, 0.29) is 12.3 Å². The lowest BCUT2D eigenvalue weighted by Crippen LogP contribution is -2.12. The summed E-state index contributed by atoms with van der Waals surface area (Å²) in [5.41, 5.74) is 3.32. The summed E-state index contributed by atoms with van der Waals surface area (Å²) in [6, 6.07) is 18.1. The van der Waals surface area contributed by atoms with Gasteiger partial charge in [0.25, 0.3) is 0 Å². The molecule has 1 amide bonds. The minimum absolute atomic E-state index is 0.137. The van der Waals surface area contributed by atoms with Gasteiger partial charge in [-0.1, -0.05) is 71.5 Å². The van der Waals surface area contributed by atoms with Crippen molar-refractivity contribution < 1.29 is 9.21 Å². The van der Waals surface area contributed by atoms with Crippen molar-refractivity contribution in [3.05, 3.63) is 82.8 Å². The van der Waals surface area contributed by atoms with Crippen molar-refractivity contribution in [2.24, 2.45) is 0 Å². The van der Waals surface area contributed by atoms with Crippen LogP contribution in [0.5, 0.6) is 0 Å². The molecule has 4 aromatic rings. The number of aryl methyl sites for hydroxylation is 2. The largest absolute Gasteiger partial charge is 0.441 e. The molecule has 2 heterocycles. The highest BCUT2D eigenvalue weighted by molar-refractivity contribution is 7.15. The summed E-state index contributed by atoms with van der Waals surface area (Å²) < 4.78 is 5.76. The summed E-state index contributed by atoms with van der Waals surface area (Å²) in [7, 11) is 0. The second-order valence-corrected chi connectivity index (χ2v) is 7.76. The van der Waals surface area contributed by atoms with Gasteiger partial charge < -0.3 is 9.73 Å². The first kappa shape index (κ1) is 19.0. The third kappa shape index (κ3) is 5.14. The fourth-order valence-corrected chi connectivity index (χ4v) is 3.62. The number of hydrogen-bond acceptors (Lipinski definition) is 6. The number of carbonyl (C=O) groups is 1. The van der Waals surface area contributed by atoms with Gasteiger partial charge in [0.05, 0.1) is 6.20 Å². The SMILES string of the molecule is Cc1ccc(-c2cnc(CCC(=O)Nc3nnc(Cc4ccccc4)s3)o2)cc1. The molecule has 4 rings (SSSR count). The van der Waals surface area contributed by atoms with Crippen molar-refractivity contribution in [3.63, 3.8) is 0 Å². The molecule has 2 aromatic carbocycles. The number of aromatic nitrogens is 3. The summed E-state index contributed by atoms with van der Waals surface area (Å²) in [5, 5.41) is 12.4. The first-order valence-corrected chi connectivity index (χ1v) is 10.2. The van der Waals surface area contributed by atoms with Crippen LogP contribution in [0.2, 0.25) is 0 Å². The molecule has 0 bridgehead atoms. The molecule has 0 aliphatic carbocycles. The van der Waals surface area contributed by atoms with Crippen LogP contribution in [0, 0.1) is 6.92 Å². The van der Waals surface area contributed by atoms with E-state index in [1.165, 1.54) is 16.9 Å². The van der Waals surface area contributed by atoms with E-state index in [0.717, 1.165) is 16.1 Å². The van der Waals surface area contributed by atoms with E-state index in [4.69, 9.17) is 4.42 Å². The molecule has 0 aliphatic heterocycles. The molecule has 0 unspecified atom stereocenters. The van der Waals surface area contributed by atoms with Gasteiger partial charge in [0.2, 0.25) is 11.0 Å². The fourth-order valence-electron chi connectivity index (χ4n) is 2.83. The maximum Gasteiger partial charge on any atom is 0.226 e. The van der Waals surface area contributed by atoms with Gasteiger partial charge in [0, 0.05) is 24.8 Å². The van der Waals surface area contributed by atoms with Crippen molar-refractivity contribution in [2.75, 3.05) is 5.32 Å². The number of rotatable bonds is 7. The average Bonchev–Trinajstić information content (AvgIpc) is 3.37. The molecule has 1 N–H and O–H groups in total. The number of nitrogens with zero attached hydrogens (tertiary/aromatic N) is 3. The molecule has 2 aromatic heterocycles. The Morgan fingerprint density at radius 1 is 1.07 bits per heavy atom. The highest BCUT2D eigenvalue weighted by atomic mass is 32.1. The third-order valence-corrected chi connectivity index (χ3v) is 5.21. The van der Waals surface area contributed by atoms with Crippen LogP contribution in [0.25, 0.3) is 11.3 Å². The van der Waals surface area contributed by atoms with Gasteiger partial charge >= 0.3 is 0 Å². The molecule has 29 heavy (non-hydrogen) atoms. The number of benzene rings is 2. The van der Waals surface area contributed by atoms with Gasteiger partial charge in [-0.05, 0) is 12.5 Å². The molecule has 0 saturated carbocycles. The number of anilines is 1. The van der Waals surface area contributed by atoms with Crippen LogP contribution in [0.3, 0.4) is 0 Å². The highest BCUT2D eigenvalue weighted by Crippen LogP contribution is 2.22. The summed E-state index contributed by atoms with van der Waals surface area (Å²) in [5.74, 6) is 1.11. The molecular formula is C22H20N4O2S. The van der Waals surface area contributed by atoms with Crippen LogP contribution < -0.4 is 5.32 Å². The van der Waals surface area contributed by atoms with Gasteiger partial charge in [-0.15, -0.1) is 10.2 Å². The maximum absolute atomic E-state index is 12.2. The van der Waals surface area contributed by atoms with Crippen molar-refractivity contribution in [2.45, 2.75) is 26.2 Å². The Morgan fingerprint density at radius 2 is 1.86 bits per heavy atom. The van der Waals surface area contributed by atoms with Gasteiger partial charge in [-0.2, -0.15) is 0 Å². The number of oxazole rings is 1. The average molecular weight is 404 g/mol. The van der Waals surface area contributed by atoms with Crippen LogP contribution >= 0.6 is 11.3 Å². The van der Waals surface area contributed by atoms with Gasteiger partial charge in [0.1, 0.15) is 5.01 Å². The smallest absolute Gasteiger partial charge is 0.226 e. The van der Waals surface area contributed by atoms with Gasteiger partial charge in [-0.3, -0.25) is 4.79 Å². The monoisotopic (exact) mass is 404 g/mol. The first-order valence-electron chi connectivity index (χ1n) is 9.33. The topological polar surface area (TPSA) is 80.9 Å². The second kappa shape index (κ2) is 8.79. The number of nitrogens with one attached hydrogen (secondary N) is 1. The van der Waals surface area contributed by atoms with Gasteiger partial charge in [0.15, 0.2) is 11.7 Å². The van der Waals surface area contributed by atoms with Crippen LogP contribution in [0.1, 0.15) is 28.4 Å². The zero-order valence-electron chi connectivity index (χ0n) is 16.0. The lowest BCUT2D eigenvalue weighted by Gasteiger charge is -1.99. The fraction of sp³-hybridized carbons (Fsp3) is 0.182. The van der Waals surface area contributed by atoms with E-state index in [1.54, 1.807) is 6.20 Å². The Bertz CT molecular complexity index is 1090. The van der Waals surface area contributed by atoms with Crippen LogP contribution in [-0.4, -0.2) is 21.1 Å². The number of amides is 1. The second-order valence-electron chi connectivity index (χ2n) is 6.70. The van der Waals surface area contributed by atoms with Crippen LogP contribution in [-0.2, 0) is 17.6 Å².